The number of benzene rings is 1. The molecule has 0 atom stereocenters. The highest BCUT2D eigenvalue weighted by Gasteiger charge is 2.14. The molecule has 1 aromatic rings. The maximum atomic E-state index is 11.7. The zero-order chi connectivity index (χ0) is 11.5. The van der Waals surface area contributed by atoms with Gasteiger partial charge in [0.25, 0.3) is 0 Å². The van der Waals surface area contributed by atoms with Gasteiger partial charge in [-0.1, -0.05) is 35.4 Å². The van der Waals surface area contributed by atoms with Crippen LogP contribution in [0.15, 0.2) is 30.4 Å². The lowest BCUT2D eigenvalue weighted by Crippen LogP contribution is -2.32. The standard InChI is InChI=1S/C11H10Cl2N2O/c12-9-4-3-8(7-10(9)13)14-11(16)15-5-1-2-6-15/h1-4,7H,5-6H2,(H,14,16). The molecule has 0 aromatic heterocycles. The fraction of sp³-hybridized carbons (Fsp3) is 0.182. The summed E-state index contributed by atoms with van der Waals surface area (Å²) >= 11 is 11.6. The number of urea groups is 1. The second kappa shape index (κ2) is 4.76. The molecule has 0 saturated heterocycles. The molecule has 0 fully saturated rings. The predicted molar refractivity (Wildman–Crippen MR) is 66.2 cm³/mol. The van der Waals surface area contributed by atoms with Gasteiger partial charge in [-0.2, -0.15) is 0 Å². The Morgan fingerprint density at radius 3 is 2.50 bits per heavy atom. The Morgan fingerprint density at radius 1 is 1.19 bits per heavy atom. The number of rotatable bonds is 1. The summed E-state index contributed by atoms with van der Waals surface area (Å²) in [6.45, 7) is 1.29. The van der Waals surface area contributed by atoms with E-state index in [1.165, 1.54) is 0 Å². The highest BCUT2D eigenvalue weighted by atomic mass is 35.5. The summed E-state index contributed by atoms with van der Waals surface area (Å²) in [5, 5.41) is 3.66. The average Bonchev–Trinajstić information content (AvgIpc) is 2.77. The first-order valence-electron chi connectivity index (χ1n) is 4.83. The minimum absolute atomic E-state index is 0.136. The van der Waals surface area contributed by atoms with Crippen LogP contribution in [0.4, 0.5) is 10.5 Å². The Kier molecular flexibility index (Phi) is 3.36. The highest BCUT2D eigenvalue weighted by Crippen LogP contribution is 2.25. The molecule has 1 N–H and O–H groups in total. The number of nitrogens with zero attached hydrogens (tertiary/aromatic N) is 1. The van der Waals surface area contributed by atoms with E-state index in [0.29, 0.717) is 28.8 Å². The number of hydrogen-bond acceptors (Lipinski definition) is 1. The summed E-state index contributed by atoms with van der Waals surface area (Å²) in [7, 11) is 0. The summed E-state index contributed by atoms with van der Waals surface area (Å²) in [4.78, 5) is 13.4. The second-order valence-corrected chi connectivity index (χ2v) is 4.25. The number of anilines is 1. The van der Waals surface area contributed by atoms with E-state index in [4.69, 9.17) is 23.2 Å². The number of halogens is 2. The first-order chi connectivity index (χ1) is 7.66. The van der Waals surface area contributed by atoms with Crippen molar-refractivity contribution in [3.63, 3.8) is 0 Å². The molecule has 1 aliphatic heterocycles. The topological polar surface area (TPSA) is 32.3 Å². The second-order valence-electron chi connectivity index (χ2n) is 3.44. The molecular weight excluding hydrogens is 247 g/mol. The molecule has 2 amide bonds. The Balaban J connectivity index is 2.03. The molecular formula is C11H10Cl2N2O. The summed E-state index contributed by atoms with van der Waals surface area (Å²) in [6.07, 6.45) is 3.91. The third-order valence-corrected chi connectivity index (χ3v) is 3.02. The van der Waals surface area contributed by atoms with E-state index < -0.39 is 0 Å². The van der Waals surface area contributed by atoms with Crippen LogP contribution in [0.5, 0.6) is 0 Å². The molecule has 0 saturated carbocycles. The molecule has 0 aliphatic carbocycles. The molecule has 0 spiro atoms. The van der Waals surface area contributed by atoms with Crippen LogP contribution in [0, 0.1) is 0 Å². The third-order valence-electron chi connectivity index (χ3n) is 2.28. The van der Waals surface area contributed by atoms with Crippen LogP contribution in [0.1, 0.15) is 0 Å². The summed E-state index contributed by atoms with van der Waals surface area (Å²) < 4.78 is 0. The number of amides is 2. The number of hydrogen-bond donors (Lipinski definition) is 1. The van der Waals surface area contributed by atoms with E-state index in [2.05, 4.69) is 5.32 Å². The van der Waals surface area contributed by atoms with Crippen LogP contribution in [0.2, 0.25) is 10.0 Å². The van der Waals surface area contributed by atoms with Gasteiger partial charge in [-0.15, -0.1) is 0 Å². The third kappa shape index (κ3) is 2.49. The Bertz CT molecular complexity index is 438. The van der Waals surface area contributed by atoms with Crippen molar-refractivity contribution in [1.29, 1.82) is 0 Å². The summed E-state index contributed by atoms with van der Waals surface area (Å²) in [6, 6.07) is 4.87. The molecule has 16 heavy (non-hydrogen) atoms. The highest BCUT2D eigenvalue weighted by molar-refractivity contribution is 6.42. The normalized spacial score (nSPS) is 14.2. The van der Waals surface area contributed by atoms with Gasteiger partial charge in [-0.3, -0.25) is 0 Å². The molecule has 0 bridgehead atoms. The molecule has 0 radical (unpaired) electrons. The van der Waals surface area contributed by atoms with Gasteiger partial charge in [0.05, 0.1) is 10.0 Å². The Morgan fingerprint density at radius 2 is 1.88 bits per heavy atom. The van der Waals surface area contributed by atoms with Gasteiger partial charge in [-0.25, -0.2) is 4.79 Å². The number of carbonyl (C=O) groups is 1. The van der Waals surface area contributed by atoms with Crippen LogP contribution in [0.3, 0.4) is 0 Å². The van der Waals surface area contributed by atoms with E-state index in [-0.39, 0.29) is 6.03 Å². The van der Waals surface area contributed by atoms with Crippen LogP contribution in [-0.4, -0.2) is 24.0 Å². The lowest BCUT2D eigenvalue weighted by Gasteiger charge is -2.16. The summed E-state index contributed by atoms with van der Waals surface area (Å²) in [5.74, 6) is 0. The van der Waals surface area contributed by atoms with Gasteiger partial charge >= 0.3 is 6.03 Å². The van der Waals surface area contributed by atoms with Crippen molar-refractivity contribution in [3.8, 4) is 0 Å². The monoisotopic (exact) mass is 256 g/mol. The van der Waals surface area contributed by atoms with E-state index in [9.17, 15) is 4.79 Å². The van der Waals surface area contributed by atoms with Gasteiger partial charge in [0.15, 0.2) is 0 Å². The van der Waals surface area contributed by atoms with Gasteiger partial charge in [0.2, 0.25) is 0 Å². The molecule has 5 heteroatoms. The zero-order valence-electron chi connectivity index (χ0n) is 8.41. The lowest BCUT2D eigenvalue weighted by atomic mass is 10.3. The van der Waals surface area contributed by atoms with Gasteiger partial charge in [0.1, 0.15) is 0 Å². The van der Waals surface area contributed by atoms with E-state index in [0.717, 1.165) is 0 Å². The zero-order valence-corrected chi connectivity index (χ0v) is 9.92. The van der Waals surface area contributed by atoms with Crippen molar-refractivity contribution < 1.29 is 4.79 Å². The maximum absolute atomic E-state index is 11.7. The van der Waals surface area contributed by atoms with Crippen molar-refractivity contribution in [3.05, 3.63) is 40.4 Å². The molecule has 3 nitrogen and oxygen atoms in total. The van der Waals surface area contributed by atoms with Crippen LogP contribution < -0.4 is 5.32 Å². The largest absolute Gasteiger partial charge is 0.322 e. The smallest absolute Gasteiger partial charge is 0.317 e. The van der Waals surface area contributed by atoms with Gasteiger partial charge in [0, 0.05) is 18.8 Å². The SMILES string of the molecule is O=C(Nc1ccc(Cl)c(Cl)c1)N1CC=CC1. The minimum Gasteiger partial charge on any atom is -0.317 e. The molecule has 84 valence electrons. The van der Waals surface area contributed by atoms with Gasteiger partial charge < -0.3 is 10.2 Å². The lowest BCUT2D eigenvalue weighted by molar-refractivity contribution is 0.224. The van der Waals surface area contributed by atoms with E-state index in [1.54, 1.807) is 23.1 Å². The van der Waals surface area contributed by atoms with Crippen molar-refractivity contribution in [2.24, 2.45) is 0 Å². The predicted octanol–water partition coefficient (Wildman–Crippen LogP) is 3.40. The van der Waals surface area contributed by atoms with E-state index >= 15 is 0 Å². The molecule has 2 rings (SSSR count). The van der Waals surface area contributed by atoms with Crippen molar-refractivity contribution in [2.75, 3.05) is 18.4 Å². The van der Waals surface area contributed by atoms with Crippen molar-refractivity contribution in [1.82, 2.24) is 4.90 Å². The van der Waals surface area contributed by atoms with Crippen LogP contribution in [0.25, 0.3) is 0 Å². The van der Waals surface area contributed by atoms with Crippen LogP contribution >= 0.6 is 23.2 Å². The fourth-order valence-electron chi connectivity index (χ4n) is 1.42. The summed E-state index contributed by atoms with van der Waals surface area (Å²) in [5.41, 5.74) is 0.645. The van der Waals surface area contributed by atoms with Crippen molar-refractivity contribution in [2.45, 2.75) is 0 Å². The Labute approximate surface area is 104 Å². The van der Waals surface area contributed by atoms with Crippen molar-refractivity contribution >= 4 is 34.9 Å². The van der Waals surface area contributed by atoms with E-state index in [1.807, 2.05) is 12.2 Å². The fourth-order valence-corrected chi connectivity index (χ4v) is 1.72. The first kappa shape index (κ1) is 11.3. The first-order valence-corrected chi connectivity index (χ1v) is 5.58. The Hall–Kier alpha value is -1.19. The van der Waals surface area contributed by atoms with Gasteiger partial charge in [-0.05, 0) is 18.2 Å². The molecule has 1 heterocycles. The minimum atomic E-state index is -0.136. The number of carbonyl (C=O) groups excluding carboxylic acids is 1. The quantitative estimate of drug-likeness (QED) is 0.768. The van der Waals surface area contributed by atoms with Crippen LogP contribution in [-0.2, 0) is 0 Å². The maximum Gasteiger partial charge on any atom is 0.322 e. The molecule has 0 unspecified atom stereocenters. The average molecular weight is 257 g/mol. The number of nitrogens with one attached hydrogen (secondary N) is 1. The molecule has 1 aromatic carbocycles. The molecule has 1 aliphatic rings.